The first-order chi connectivity index (χ1) is 8.87. The zero-order valence-corrected chi connectivity index (χ0v) is 13.0. The number of hydrogen-bond acceptors (Lipinski definition) is 3. The monoisotopic (exact) mass is 327 g/mol. The Morgan fingerprint density at radius 3 is 2.84 bits per heavy atom. The third kappa shape index (κ3) is 3.70. The fourth-order valence-corrected chi connectivity index (χ4v) is 2.31. The van der Waals surface area contributed by atoms with E-state index in [1.165, 1.54) is 0 Å². The smallest absolute Gasteiger partial charge is 0.414 e. The summed E-state index contributed by atoms with van der Waals surface area (Å²) in [6.45, 7) is 7.11. The summed E-state index contributed by atoms with van der Waals surface area (Å²) in [5.74, 6) is 0. The van der Waals surface area contributed by atoms with Crippen molar-refractivity contribution in [3.63, 3.8) is 0 Å². The van der Waals surface area contributed by atoms with Crippen LogP contribution >= 0.6 is 15.9 Å². The van der Waals surface area contributed by atoms with Gasteiger partial charge < -0.3 is 9.47 Å². The Kier molecular flexibility index (Phi) is 4.16. The first-order valence-corrected chi connectivity index (χ1v) is 7.03. The van der Waals surface area contributed by atoms with Crippen molar-refractivity contribution >= 4 is 27.7 Å². The molecule has 2 rings (SSSR count). The van der Waals surface area contributed by atoms with Gasteiger partial charge in [-0.15, -0.1) is 0 Å². The molecule has 0 atom stereocenters. The number of carbonyl (C=O) groups is 1. The van der Waals surface area contributed by atoms with E-state index in [0.717, 1.165) is 15.7 Å². The van der Waals surface area contributed by atoms with Gasteiger partial charge in [0.1, 0.15) is 5.60 Å². The first-order valence-electron chi connectivity index (χ1n) is 6.23. The predicted molar refractivity (Wildman–Crippen MR) is 77.4 cm³/mol. The van der Waals surface area contributed by atoms with Crippen LogP contribution in [-0.2, 0) is 16.1 Å². The third-order valence-corrected chi connectivity index (χ3v) is 3.16. The number of anilines is 1. The van der Waals surface area contributed by atoms with E-state index in [9.17, 15) is 4.79 Å². The molecule has 0 fully saturated rings. The van der Waals surface area contributed by atoms with Gasteiger partial charge in [0.15, 0.2) is 0 Å². The topological polar surface area (TPSA) is 38.8 Å². The standard InChI is InChI=1S/C14H18BrNO3/c1-14(2,3)19-13(17)16-6-7-18-9-10-8-11(15)4-5-12(10)16/h4-5,8H,6-7,9H2,1-3H3. The van der Waals surface area contributed by atoms with Crippen molar-refractivity contribution in [2.75, 3.05) is 18.1 Å². The Hall–Kier alpha value is -1.07. The van der Waals surface area contributed by atoms with Crippen molar-refractivity contribution in [3.05, 3.63) is 28.2 Å². The van der Waals surface area contributed by atoms with E-state index < -0.39 is 5.60 Å². The van der Waals surface area contributed by atoms with E-state index in [1.54, 1.807) is 4.90 Å². The number of halogens is 1. The second kappa shape index (κ2) is 5.51. The summed E-state index contributed by atoms with van der Waals surface area (Å²) in [6, 6.07) is 5.80. The molecule has 0 N–H and O–H groups in total. The Balaban J connectivity index is 2.29. The molecule has 19 heavy (non-hydrogen) atoms. The minimum absolute atomic E-state index is 0.332. The summed E-state index contributed by atoms with van der Waals surface area (Å²) in [6.07, 6.45) is -0.332. The van der Waals surface area contributed by atoms with Crippen LogP contribution in [0.25, 0.3) is 0 Å². The van der Waals surface area contributed by atoms with Crippen LogP contribution in [0.5, 0.6) is 0 Å². The van der Waals surface area contributed by atoms with Crippen LogP contribution in [0, 0.1) is 0 Å². The van der Waals surface area contributed by atoms with Crippen LogP contribution in [0.4, 0.5) is 10.5 Å². The fourth-order valence-electron chi connectivity index (χ4n) is 1.90. The van der Waals surface area contributed by atoms with Gasteiger partial charge in [0.25, 0.3) is 0 Å². The average Bonchev–Trinajstić information content (AvgIpc) is 2.48. The third-order valence-electron chi connectivity index (χ3n) is 2.66. The van der Waals surface area contributed by atoms with Gasteiger partial charge in [-0.1, -0.05) is 15.9 Å². The second-order valence-corrected chi connectivity index (χ2v) is 6.37. The van der Waals surface area contributed by atoms with Crippen LogP contribution < -0.4 is 4.90 Å². The van der Waals surface area contributed by atoms with E-state index >= 15 is 0 Å². The molecule has 1 aliphatic rings. The maximum Gasteiger partial charge on any atom is 0.414 e. The predicted octanol–water partition coefficient (Wildman–Crippen LogP) is 3.72. The summed E-state index contributed by atoms with van der Waals surface area (Å²) >= 11 is 3.43. The van der Waals surface area contributed by atoms with Gasteiger partial charge in [-0.25, -0.2) is 4.79 Å². The van der Waals surface area contributed by atoms with E-state index in [0.29, 0.717) is 19.8 Å². The lowest BCUT2D eigenvalue weighted by atomic mass is 10.1. The van der Waals surface area contributed by atoms with E-state index in [-0.39, 0.29) is 6.09 Å². The van der Waals surface area contributed by atoms with Gasteiger partial charge in [0.05, 0.1) is 25.4 Å². The lowest BCUT2D eigenvalue weighted by Gasteiger charge is -2.27. The summed E-state index contributed by atoms with van der Waals surface area (Å²) in [5.41, 5.74) is 1.34. The molecular weight excluding hydrogens is 310 g/mol. The molecule has 0 saturated carbocycles. The van der Waals surface area contributed by atoms with Crippen molar-refractivity contribution in [2.24, 2.45) is 0 Å². The number of hydrogen-bond donors (Lipinski definition) is 0. The molecule has 1 amide bonds. The number of carbonyl (C=O) groups excluding carboxylic acids is 1. The molecule has 0 bridgehead atoms. The Morgan fingerprint density at radius 2 is 2.16 bits per heavy atom. The van der Waals surface area contributed by atoms with Gasteiger partial charge in [-0.2, -0.15) is 0 Å². The molecule has 0 aliphatic carbocycles. The van der Waals surface area contributed by atoms with Crippen molar-refractivity contribution in [3.8, 4) is 0 Å². The van der Waals surface area contributed by atoms with Crippen LogP contribution in [0.3, 0.4) is 0 Å². The van der Waals surface area contributed by atoms with E-state index in [4.69, 9.17) is 9.47 Å². The molecule has 0 unspecified atom stereocenters. The number of ether oxygens (including phenoxy) is 2. The highest BCUT2D eigenvalue weighted by molar-refractivity contribution is 9.10. The summed E-state index contributed by atoms with van der Waals surface area (Å²) in [4.78, 5) is 13.9. The van der Waals surface area contributed by atoms with Crippen molar-refractivity contribution in [1.82, 2.24) is 0 Å². The minimum Gasteiger partial charge on any atom is -0.443 e. The van der Waals surface area contributed by atoms with Gasteiger partial charge in [-0.3, -0.25) is 4.90 Å². The molecule has 0 aromatic heterocycles. The van der Waals surface area contributed by atoms with Crippen LogP contribution in [0.2, 0.25) is 0 Å². The highest BCUT2D eigenvalue weighted by Gasteiger charge is 2.26. The first kappa shape index (κ1) is 14.3. The quantitative estimate of drug-likeness (QED) is 0.729. The van der Waals surface area contributed by atoms with Crippen LogP contribution in [0.15, 0.2) is 22.7 Å². The molecule has 0 radical (unpaired) electrons. The van der Waals surface area contributed by atoms with Gasteiger partial charge >= 0.3 is 6.09 Å². The zero-order chi connectivity index (χ0) is 14.0. The van der Waals surface area contributed by atoms with Gasteiger partial charge in [0.2, 0.25) is 0 Å². The molecule has 4 nitrogen and oxygen atoms in total. The zero-order valence-electron chi connectivity index (χ0n) is 11.4. The summed E-state index contributed by atoms with van der Waals surface area (Å²) in [5, 5.41) is 0. The molecule has 0 saturated heterocycles. The second-order valence-electron chi connectivity index (χ2n) is 5.46. The molecular formula is C14H18BrNO3. The number of benzene rings is 1. The highest BCUT2D eigenvalue weighted by atomic mass is 79.9. The Labute approximate surface area is 121 Å². The fraction of sp³-hybridized carbons (Fsp3) is 0.500. The molecule has 104 valence electrons. The van der Waals surface area contributed by atoms with E-state index in [2.05, 4.69) is 15.9 Å². The summed E-state index contributed by atoms with van der Waals surface area (Å²) < 4.78 is 11.9. The average molecular weight is 328 g/mol. The van der Waals surface area contributed by atoms with Crippen LogP contribution in [-0.4, -0.2) is 24.8 Å². The van der Waals surface area contributed by atoms with Crippen molar-refractivity contribution in [2.45, 2.75) is 33.0 Å². The van der Waals surface area contributed by atoms with Crippen molar-refractivity contribution in [1.29, 1.82) is 0 Å². The maximum absolute atomic E-state index is 12.3. The molecule has 1 aliphatic heterocycles. The van der Waals surface area contributed by atoms with Crippen molar-refractivity contribution < 1.29 is 14.3 Å². The van der Waals surface area contributed by atoms with Crippen LogP contribution in [0.1, 0.15) is 26.3 Å². The normalized spacial score (nSPS) is 15.7. The SMILES string of the molecule is CC(C)(C)OC(=O)N1CCOCc2cc(Br)ccc21. The highest BCUT2D eigenvalue weighted by Crippen LogP contribution is 2.28. The molecule has 1 aromatic rings. The number of fused-ring (bicyclic) bond motifs is 1. The molecule has 5 heteroatoms. The van der Waals surface area contributed by atoms with Gasteiger partial charge in [-0.05, 0) is 39.0 Å². The lowest BCUT2D eigenvalue weighted by Crippen LogP contribution is -2.38. The summed E-state index contributed by atoms with van der Waals surface area (Å²) in [7, 11) is 0. The van der Waals surface area contributed by atoms with Gasteiger partial charge in [0, 0.05) is 10.0 Å². The number of amides is 1. The molecule has 1 heterocycles. The Morgan fingerprint density at radius 1 is 1.42 bits per heavy atom. The molecule has 1 aromatic carbocycles. The lowest BCUT2D eigenvalue weighted by molar-refractivity contribution is 0.0566. The number of rotatable bonds is 0. The molecule has 0 spiro atoms. The maximum atomic E-state index is 12.3. The Bertz CT molecular complexity index is 482. The van der Waals surface area contributed by atoms with E-state index in [1.807, 2.05) is 39.0 Å². The number of nitrogens with zero attached hydrogens (tertiary/aromatic N) is 1. The minimum atomic E-state index is -0.500. The largest absolute Gasteiger partial charge is 0.443 e.